The molecule has 0 unspecified atom stereocenters. The molecule has 5 nitrogen and oxygen atoms in total. The van der Waals surface area contributed by atoms with Gasteiger partial charge < -0.3 is 15.5 Å². The maximum atomic E-state index is 12.4. The van der Waals surface area contributed by atoms with Crippen LogP contribution in [0.2, 0.25) is 10.0 Å². The third kappa shape index (κ3) is 2.99. The molecule has 0 aliphatic carbocycles. The molecule has 1 saturated heterocycles. The molecule has 7 heteroatoms. The zero-order valence-electron chi connectivity index (χ0n) is 11.6. The number of hydrogen-bond donors (Lipinski definition) is 2. The Balaban J connectivity index is 2.53. The summed E-state index contributed by atoms with van der Waals surface area (Å²) in [7, 11) is 3.27. The number of carbonyl (C=O) groups is 2. The first-order chi connectivity index (χ1) is 9.82. The lowest BCUT2D eigenvalue weighted by molar-refractivity contribution is -0.132. The molecule has 1 aromatic rings. The van der Waals surface area contributed by atoms with Crippen molar-refractivity contribution in [3.8, 4) is 0 Å². The first-order valence-corrected chi connectivity index (χ1v) is 7.00. The molecule has 1 heterocycles. The molecule has 0 spiro atoms. The zero-order valence-corrected chi connectivity index (χ0v) is 13.1. The van der Waals surface area contributed by atoms with E-state index in [0.717, 1.165) is 0 Å². The second-order valence-corrected chi connectivity index (χ2v) is 5.76. The molecule has 0 saturated carbocycles. The fourth-order valence-corrected chi connectivity index (χ4v) is 2.93. The zero-order chi connectivity index (χ0) is 15.7. The highest BCUT2D eigenvalue weighted by Crippen LogP contribution is 2.38. The van der Waals surface area contributed by atoms with E-state index in [-0.39, 0.29) is 5.91 Å². The van der Waals surface area contributed by atoms with E-state index < -0.39 is 18.0 Å². The van der Waals surface area contributed by atoms with Crippen LogP contribution in [0.4, 0.5) is 4.79 Å². The fraction of sp³-hybridized carbons (Fsp3) is 0.286. The van der Waals surface area contributed by atoms with E-state index in [0.29, 0.717) is 21.3 Å². The average molecular weight is 328 g/mol. The highest BCUT2D eigenvalue weighted by molar-refractivity contribution is 6.36. The van der Waals surface area contributed by atoms with Gasteiger partial charge in [-0.2, -0.15) is 0 Å². The lowest BCUT2D eigenvalue weighted by Crippen LogP contribution is -2.52. The van der Waals surface area contributed by atoms with Crippen LogP contribution >= 0.6 is 23.2 Å². The predicted molar refractivity (Wildman–Crippen MR) is 82.2 cm³/mol. The fourth-order valence-electron chi connectivity index (χ4n) is 2.30. The maximum absolute atomic E-state index is 12.4. The van der Waals surface area contributed by atoms with Crippen molar-refractivity contribution in [2.24, 2.45) is 5.92 Å². The van der Waals surface area contributed by atoms with Gasteiger partial charge in [-0.05, 0) is 12.1 Å². The summed E-state index contributed by atoms with van der Waals surface area (Å²) in [6.45, 7) is 3.78. The van der Waals surface area contributed by atoms with Crippen molar-refractivity contribution in [3.05, 3.63) is 46.1 Å². The third-order valence-electron chi connectivity index (χ3n) is 3.29. The summed E-state index contributed by atoms with van der Waals surface area (Å²) < 4.78 is 0. The number of carbonyl (C=O) groups excluding carboxylic acids is 2. The van der Waals surface area contributed by atoms with Crippen molar-refractivity contribution in [1.82, 2.24) is 15.5 Å². The Bertz CT molecular complexity index is 596. The second-order valence-electron chi connectivity index (χ2n) is 4.95. The molecule has 112 valence electrons. The number of nitrogens with zero attached hydrogens (tertiary/aromatic N) is 1. The smallest absolute Gasteiger partial charge is 0.319 e. The Morgan fingerprint density at radius 1 is 1.29 bits per heavy atom. The van der Waals surface area contributed by atoms with Crippen molar-refractivity contribution in [2.75, 3.05) is 14.1 Å². The van der Waals surface area contributed by atoms with E-state index in [1.54, 1.807) is 32.3 Å². The Morgan fingerprint density at radius 3 is 2.38 bits per heavy atom. The third-order valence-corrected chi connectivity index (χ3v) is 3.95. The van der Waals surface area contributed by atoms with E-state index in [2.05, 4.69) is 17.2 Å². The van der Waals surface area contributed by atoms with Gasteiger partial charge in [0.25, 0.3) is 0 Å². The van der Waals surface area contributed by atoms with Crippen LogP contribution in [-0.4, -0.2) is 30.9 Å². The quantitative estimate of drug-likeness (QED) is 0.876. The van der Waals surface area contributed by atoms with Gasteiger partial charge in [0, 0.05) is 35.4 Å². The molecule has 21 heavy (non-hydrogen) atoms. The Morgan fingerprint density at radius 2 is 1.86 bits per heavy atom. The SMILES string of the molecule is C=C1NC(=O)N[C@H](c2c(Cl)cccc2Cl)[C@H]1C(=O)N(C)C. The molecule has 2 atom stereocenters. The lowest BCUT2D eigenvalue weighted by atomic mass is 9.88. The molecule has 1 aromatic carbocycles. The molecule has 1 aliphatic heterocycles. The summed E-state index contributed by atoms with van der Waals surface area (Å²) in [5.41, 5.74) is 0.829. The van der Waals surface area contributed by atoms with Crippen LogP contribution in [0.1, 0.15) is 11.6 Å². The van der Waals surface area contributed by atoms with E-state index >= 15 is 0 Å². The minimum absolute atomic E-state index is 0.200. The predicted octanol–water partition coefficient (Wildman–Crippen LogP) is 2.57. The minimum atomic E-state index is -0.685. The van der Waals surface area contributed by atoms with Crippen LogP contribution in [0, 0.1) is 5.92 Å². The van der Waals surface area contributed by atoms with Gasteiger partial charge in [-0.1, -0.05) is 35.8 Å². The lowest BCUT2D eigenvalue weighted by Gasteiger charge is -2.35. The molecule has 2 N–H and O–H groups in total. The number of amides is 3. The van der Waals surface area contributed by atoms with Gasteiger partial charge in [0.1, 0.15) is 5.92 Å². The van der Waals surface area contributed by atoms with Gasteiger partial charge in [-0.3, -0.25) is 4.79 Å². The van der Waals surface area contributed by atoms with Crippen molar-refractivity contribution in [1.29, 1.82) is 0 Å². The van der Waals surface area contributed by atoms with Gasteiger partial charge in [0.2, 0.25) is 5.91 Å². The van der Waals surface area contributed by atoms with Crippen LogP contribution in [0.5, 0.6) is 0 Å². The Labute approximate surface area is 132 Å². The number of rotatable bonds is 2. The molecular formula is C14H15Cl2N3O2. The largest absolute Gasteiger partial charge is 0.348 e. The topological polar surface area (TPSA) is 61.4 Å². The molecule has 2 rings (SSSR count). The normalized spacial score (nSPS) is 21.5. The molecule has 1 fully saturated rings. The molecule has 3 amide bonds. The van der Waals surface area contributed by atoms with Crippen LogP contribution in [-0.2, 0) is 4.79 Å². The summed E-state index contributed by atoms with van der Waals surface area (Å²) in [6.07, 6.45) is 0. The summed E-state index contributed by atoms with van der Waals surface area (Å²) in [4.78, 5) is 25.6. The van der Waals surface area contributed by atoms with Gasteiger partial charge in [-0.15, -0.1) is 0 Å². The number of nitrogens with one attached hydrogen (secondary N) is 2. The van der Waals surface area contributed by atoms with Crippen molar-refractivity contribution >= 4 is 35.1 Å². The average Bonchev–Trinajstić information content (AvgIpc) is 2.37. The van der Waals surface area contributed by atoms with Gasteiger partial charge in [0.05, 0.1) is 6.04 Å². The van der Waals surface area contributed by atoms with Crippen LogP contribution in [0.15, 0.2) is 30.5 Å². The highest BCUT2D eigenvalue weighted by Gasteiger charge is 2.40. The van der Waals surface area contributed by atoms with E-state index in [9.17, 15) is 9.59 Å². The number of hydrogen-bond acceptors (Lipinski definition) is 2. The van der Waals surface area contributed by atoms with E-state index in [1.807, 2.05) is 0 Å². The van der Waals surface area contributed by atoms with E-state index in [4.69, 9.17) is 23.2 Å². The second kappa shape index (κ2) is 5.95. The molecular weight excluding hydrogens is 313 g/mol. The molecule has 0 bridgehead atoms. The summed E-state index contributed by atoms with van der Waals surface area (Å²) in [6, 6.07) is 3.92. The van der Waals surface area contributed by atoms with Crippen molar-refractivity contribution in [2.45, 2.75) is 6.04 Å². The Hall–Kier alpha value is -1.72. The highest BCUT2D eigenvalue weighted by atomic mass is 35.5. The number of benzene rings is 1. The summed E-state index contributed by atoms with van der Waals surface area (Å²) in [5, 5.41) is 6.00. The maximum Gasteiger partial charge on any atom is 0.319 e. The minimum Gasteiger partial charge on any atom is -0.348 e. The molecule has 0 radical (unpaired) electrons. The first-order valence-electron chi connectivity index (χ1n) is 6.24. The van der Waals surface area contributed by atoms with Crippen LogP contribution in [0.3, 0.4) is 0 Å². The van der Waals surface area contributed by atoms with E-state index in [1.165, 1.54) is 4.90 Å². The molecule has 0 aromatic heterocycles. The monoisotopic (exact) mass is 327 g/mol. The van der Waals surface area contributed by atoms with Gasteiger partial charge in [-0.25, -0.2) is 4.79 Å². The van der Waals surface area contributed by atoms with Crippen LogP contribution < -0.4 is 10.6 Å². The summed E-state index contributed by atoms with van der Waals surface area (Å²) in [5.74, 6) is -0.886. The number of halogens is 2. The van der Waals surface area contributed by atoms with Crippen molar-refractivity contribution in [3.63, 3.8) is 0 Å². The summed E-state index contributed by atoms with van der Waals surface area (Å²) >= 11 is 12.4. The number of urea groups is 1. The standard InChI is InChI=1S/C14H15Cl2N3O2/c1-7-10(13(20)19(2)3)12(18-14(21)17-7)11-8(15)5-4-6-9(11)16/h4-6,10,12H,1H2,2-3H3,(H2,17,18,21)/t10-,12-/m0/s1. The Kier molecular flexibility index (Phi) is 4.44. The van der Waals surface area contributed by atoms with Crippen molar-refractivity contribution < 1.29 is 9.59 Å². The van der Waals surface area contributed by atoms with Gasteiger partial charge in [0.15, 0.2) is 0 Å². The first kappa shape index (κ1) is 15.7. The molecule has 1 aliphatic rings. The van der Waals surface area contributed by atoms with Crippen LogP contribution in [0.25, 0.3) is 0 Å². The van der Waals surface area contributed by atoms with Gasteiger partial charge >= 0.3 is 6.03 Å².